The van der Waals surface area contributed by atoms with Crippen molar-refractivity contribution in [2.75, 3.05) is 19.7 Å². The van der Waals surface area contributed by atoms with Crippen LogP contribution < -0.4 is 11.1 Å². The summed E-state index contributed by atoms with van der Waals surface area (Å²) in [5.41, 5.74) is 5.72. The van der Waals surface area contributed by atoms with Crippen LogP contribution in [0.5, 0.6) is 0 Å². The van der Waals surface area contributed by atoms with Crippen LogP contribution in [0.1, 0.15) is 33.1 Å². The molecule has 0 aromatic heterocycles. The first kappa shape index (κ1) is 13.7. The van der Waals surface area contributed by atoms with Gasteiger partial charge in [-0.05, 0) is 31.7 Å². The van der Waals surface area contributed by atoms with Crippen molar-refractivity contribution in [3.05, 3.63) is 12.2 Å². The van der Waals surface area contributed by atoms with Gasteiger partial charge >= 0.3 is 0 Å². The fraction of sp³-hybridized carbons (Fsp3) is 0.846. The van der Waals surface area contributed by atoms with Crippen molar-refractivity contribution in [2.45, 2.75) is 45.3 Å². The van der Waals surface area contributed by atoms with E-state index in [4.69, 9.17) is 10.5 Å². The van der Waals surface area contributed by atoms with Crippen LogP contribution in [-0.2, 0) is 4.74 Å². The highest BCUT2D eigenvalue weighted by Gasteiger charge is 2.25. The maximum absolute atomic E-state index is 5.72. The first-order valence-electron chi connectivity index (χ1n) is 6.59. The van der Waals surface area contributed by atoms with Crippen LogP contribution >= 0.6 is 0 Å². The third kappa shape index (κ3) is 4.64. The molecule has 0 spiro atoms. The summed E-state index contributed by atoms with van der Waals surface area (Å²) < 4.78 is 5.56. The lowest BCUT2D eigenvalue weighted by atomic mass is 9.81. The summed E-state index contributed by atoms with van der Waals surface area (Å²) >= 11 is 0. The summed E-state index contributed by atoms with van der Waals surface area (Å²) in [6.45, 7) is 6.92. The van der Waals surface area contributed by atoms with Gasteiger partial charge in [0, 0.05) is 12.6 Å². The Balaban J connectivity index is 0.000000606. The van der Waals surface area contributed by atoms with E-state index in [0.717, 1.165) is 32.0 Å². The van der Waals surface area contributed by atoms with Crippen molar-refractivity contribution in [2.24, 2.45) is 11.7 Å². The molecular formula is C13H26N2O. The maximum atomic E-state index is 5.72. The van der Waals surface area contributed by atoms with Crippen LogP contribution in [0.3, 0.4) is 0 Å². The third-order valence-corrected chi connectivity index (χ3v) is 3.02. The molecule has 1 aliphatic carbocycles. The molecule has 0 saturated heterocycles. The van der Waals surface area contributed by atoms with E-state index in [1.165, 1.54) is 12.8 Å². The Morgan fingerprint density at radius 2 is 2.06 bits per heavy atom. The number of hydrogen-bond donors (Lipinski definition) is 2. The van der Waals surface area contributed by atoms with E-state index in [1.54, 1.807) is 0 Å². The van der Waals surface area contributed by atoms with Gasteiger partial charge in [0.25, 0.3) is 0 Å². The normalized spacial score (nSPS) is 32.6. The lowest BCUT2D eigenvalue weighted by Gasteiger charge is -2.33. The first-order chi connectivity index (χ1) is 7.84. The highest BCUT2D eigenvalue weighted by atomic mass is 16.5. The Labute approximate surface area is 99.4 Å². The first-order valence-corrected chi connectivity index (χ1v) is 6.59. The van der Waals surface area contributed by atoms with Gasteiger partial charge in [-0.3, -0.25) is 0 Å². The molecule has 0 aromatic carbocycles. The number of nitrogens with two attached hydrogens (primary N) is 1. The Morgan fingerprint density at radius 1 is 1.31 bits per heavy atom. The van der Waals surface area contributed by atoms with Gasteiger partial charge in [0.2, 0.25) is 0 Å². The van der Waals surface area contributed by atoms with E-state index in [1.807, 2.05) is 13.8 Å². The average Bonchev–Trinajstić information content (AvgIpc) is 2.31. The molecule has 0 radical (unpaired) electrons. The predicted octanol–water partition coefficient (Wildman–Crippen LogP) is 1.68. The lowest BCUT2D eigenvalue weighted by molar-refractivity contribution is 0.0777. The molecule has 3 N–H and O–H groups in total. The molecule has 1 fully saturated rings. The van der Waals surface area contributed by atoms with Gasteiger partial charge in [0.15, 0.2) is 0 Å². The van der Waals surface area contributed by atoms with Gasteiger partial charge in [-0.25, -0.2) is 0 Å². The van der Waals surface area contributed by atoms with E-state index >= 15 is 0 Å². The van der Waals surface area contributed by atoms with Crippen molar-refractivity contribution >= 4 is 0 Å². The second-order valence-electron chi connectivity index (χ2n) is 4.38. The topological polar surface area (TPSA) is 47.3 Å². The zero-order valence-electron chi connectivity index (χ0n) is 10.6. The van der Waals surface area contributed by atoms with Crippen LogP contribution in [0.15, 0.2) is 12.2 Å². The summed E-state index contributed by atoms with van der Waals surface area (Å²) in [5.74, 6) is 0.803. The molecular weight excluding hydrogens is 200 g/mol. The number of rotatable bonds is 4. The fourth-order valence-corrected chi connectivity index (χ4v) is 2.10. The van der Waals surface area contributed by atoms with Gasteiger partial charge in [-0.1, -0.05) is 26.0 Å². The third-order valence-electron chi connectivity index (χ3n) is 3.02. The summed E-state index contributed by atoms with van der Waals surface area (Å²) in [5, 5.41) is 3.45. The Hall–Kier alpha value is -0.380. The fourth-order valence-electron chi connectivity index (χ4n) is 2.10. The van der Waals surface area contributed by atoms with Crippen LogP contribution in [0, 0.1) is 5.92 Å². The zero-order chi connectivity index (χ0) is 11.8. The Kier molecular flexibility index (Phi) is 6.69. The summed E-state index contributed by atoms with van der Waals surface area (Å²) in [6, 6.07) is 0.465. The highest BCUT2D eigenvalue weighted by molar-refractivity contribution is 4.94. The number of nitrogens with one attached hydrogen (secondary N) is 1. The quantitative estimate of drug-likeness (QED) is 0.717. The van der Waals surface area contributed by atoms with Gasteiger partial charge in [-0.2, -0.15) is 0 Å². The molecule has 1 atom stereocenters. The molecule has 0 aromatic rings. The SMILES string of the molecule is CC.NC1CC(CNCC2C=CCCO2)C1. The molecule has 3 heteroatoms. The molecule has 1 saturated carbocycles. The largest absolute Gasteiger partial charge is 0.373 e. The van der Waals surface area contributed by atoms with Crippen molar-refractivity contribution in [1.82, 2.24) is 5.32 Å². The molecule has 94 valence electrons. The van der Waals surface area contributed by atoms with Crippen molar-refractivity contribution in [1.29, 1.82) is 0 Å². The standard InChI is InChI=1S/C11H20N2O.C2H6/c12-10-5-9(6-10)7-13-8-11-3-1-2-4-14-11;1-2/h1,3,9-11,13H,2,4-8,12H2;1-2H3. The van der Waals surface area contributed by atoms with Gasteiger partial charge in [0.05, 0.1) is 12.7 Å². The summed E-state index contributed by atoms with van der Waals surface area (Å²) in [7, 11) is 0. The molecule has 2 rings (SSSR count). The van der Waals surface area contributed by atoms with Gasteiger partial charge in [0.1, 0.15) is 0 Å². The van der Waals surface area contributed by atoms with E-state index in [0.29, 0.717) is 6.04 Å². The molecule has 16 heavy (non-hydrogen) atoms. The monoisotopic (exact) mass is 226 g/mol. The van der Waals surface area contributed by atoms with Crippen LogP contribution in [-0.4, -0.2) is 31.8 Å². The smallest absolute Gasteiger partial charge is 0.0880 e. The number of hydrogen-bond acceptors (Lipinski definition) is 3. The van der Waals surface area contributed by atoms with E-state index in [2.05, 4.69) is 17.5 Å². The van der Waals surface area contributed by atoms with Crippen molar-refractivity contribution in [3.63, 3.8) is 0 Å². The van der Waals surface area contributed by atoms with E-state index in [-0.39, 0.29) is 6.10 Å². The van der Waals surface area contributed by atoms with Gasteiger partial charge < -0.3 is 15.8 Å². The van der Waals surface area contributed by atoms with Crippen molar-refractivity contribution < 1.29 is 4.74 Å². The second kappa shape index (κ2) is 7.82. The molecule has 3 nitrogen and oxygen atoms in total. The minimum absolute atomic E-state index is 0.289. The van der Waals surface area contributed by atoms with Crippen LogP contribution in [0.25, 0.3) is 0 Å². The van der Waals surface area contributed by atoms with E-state index in [9.17, 15) is 0 Å². The van der Waals surface area contributed by atoms with Crippen molar-refractivity contribution in [3.8, 4) is 0 Å². The maximum Gasteiger partial charge on any atom is 0.0880 e. The molecule has 2 aliphatic rings. The minimum Gasteiger partial charge on any atom is -0.373 e. The molecule has 1 heterocycles. The molecule has 0 amide bonds. The summed E-state index contributed by atoms with van der Waals surface area (Å²) in [6.07, 6.45) is 8.09. The molecule has 0 bridgehead atoms. The van der Waals surface area contributed by atoms with Gasteiger partial charge in [-0.15, -0.1) is 0 Å². The highest BCUT2D eigenvalue weighted by Crippen LogP contribution is 2.24. The molecule has 1 aliphatic heterocycles. The number of ether oxygens (including phenoxy) is 1. The average molecular weight is 226 g/mol. The minimum atomic E-state index is 0.289. The van der Waals surface area contributed by atoms with Crippen LogP contribution in [0.2, 0.25) is 0 Å². The summed E-state index contributed by atoms with van der Waals surface area (Å²) in [4.78, 5) is 0. The van der Waals surface area contributed by atoms with E-state index < -0.39 is 0 Å². The lowest BCUT2D eigenvalue weighted by Crippen LogP contribution is -2.42. The van der Waals surface area contributed by atoms with Crippen LogP contribution in [0.4, 0.5) is 0 Å². The second-order valence-corrected chi connectivity index (χ2v) is 4.38. The Bertz CT molecular complexity index is 200. The predicted molar refractivity (Wildman–Crippen MR) is 68.4 cm³/mol. The molecule has 1 unspecified atom stereocenters. The Morgan fingerprint density at radius 3 is 2.62 bits per heavy atom. The zero-order valence-corrected chi connectivity index (χ0v) is 10.6.